The lowest BCUT2D eigenvalue weighted by Crippen LogP contribution is -2.56. The van der Waals surface area contributed by atoms with Crippen LogP contribution < -0.4 is 5.73 Å². The molecule has 1 aliphatic rings. The summed E-state index contributed by atoms with van der Waals surface area (Å²) in [7, 11) is 0. The van der Waals surface area contributed by atoms with Gasteiger partial charge in [-0.25, -0.2) is 0 Å². The Labute approximate surface area is 208 Å². The number of carbonyl (C=O) groups excluding carboxylic acids is 1. The van der Waals surface area contributed by atoms with Crippen LogP contribution in [0.15, 0.2) is 72.8 Å². The number of thioether (sulfide) groups is 1. The van der Waals surface area contributed by atoms with Crippen molar-refractivity contribution in [3.63, 3.8) is 0 Å². The van der Waals surface area contributed by atoms with Gasteiger partial charge in [0.2, 0.25) is 0 Å². The van der Waals surface area contributed by atoms with E-state index in [0.717, 1.165) is 60.4 Å². The SMILES string of the molecule is CCCCN1CCN(C(=O)c2cccc3ccccc23)C(C[C@@H](N)CSCc2ccccc2)C1. The minimum Gasteiger partial charge on any atom is -0.333 e. The highest BCUT2D eigenvalue weighted by molar-refractivity contribution is 7.98. The lowest BCUT2D eigenvalue weighted by Gasteiger charge is -2.42. The summed E-state index contributed by atoms with van der Waals surface area (Å²) in [6.07, 6.45) is 3.22. The van der Waals surface area contributed by atoms with Gasteiger partial charge >= 0.3 is 0 Å². The molecule has 0 aliphatic carbocycles. The molecule has 1 saturated heterocycles. The Morgan fingerprint density at radius 3 is 2.62 bits per heavy atom. The monoisotopic (exact) mass is 475 g/mol. The number of benzene rings is 3. The molecule has 1 unspecified atom stereocenters. The van der Waals surface area contributed by atoms with Crippen molar-refractivity contribution in [1.29, 1.82) is 0 Å². The zero-order valence-electron chi connectivity index (χ0n) is 20.2. The van der Waals surface area contributed by atoms with E-state index in [1.165, 1.54) is 18.4 Å². The number of nitrogens with two attached hydrogens (primary N) is 1. The number of piperazine rings is 1. The van der Waals surface area contributed by atoms with Crippen LogP contribution in [0.25, 0.3) is 10.8 Å². The van der Waals surface area contributed by atoms with Crippen LogP contribution in [-0.2, 0) is 5.75 Å². The van der Waals surface area contributed by atoms with Gasteiger partial charge in [0.05, 0.1) is 0 Å². The fraction of sp³-hybridized carbons (Fsp3) is 0.414. The first kappa shape index (κ1) is 24.8. The van der Waals surface area contributed by atoms with Crippen molar-refractivity contribution in [3.8, 4) is 0 Å². The third-order valence-corrected chi connectivity index (χ3v) is 7.90. The van der Waals surface area contributed by atoms with Crippen molar-refractivity contribution < 1.29 is 4.79 Å². The first-order valence-corrected chi connectivity index (χ1v) is 13.7. The summed E-state index contributed by atoms with van der Waals surface area (Å²) in [5.41, 5.74) is 8.76. The molecule has 3 aromatic rings. The molecule has 180 valence electrons. The molecular weight excluding hydrogens is 438 g/mol. The molecule has 3 aromatic carbocycles. The Kier molecular flexibility index (Phi) is 9.03. The van der Waals surface area contributed by atoms with Crippen molar-refractivity contribution in [2.24, 2.45) is 5.73 Å². The predicted molar refractivity (Wildman–Crippen MR) is 145 cm³/mol. The summed E-state index contributed by atoms with van der Waals surface area (Å²) in [6.45, 7) is 5.94. The molecule has 0 bridgehead atoms. The third kappa shape index (κ3) is 6.41. The van der Waals surface area contributed by atoms with Gasteiger partial charge in [0.25, 0.3) is 5.91 Å². The fourth-order valence-corrected chi connectivity index (χ4v) is 5.84. The lowest BCUT2D eigenvalue weighted by atomic mass is 9.99. The summed E-state index contributed by atoms with van der Waals surface area (Å²) in [6, 6.07) is 25.0. The van der Waals surface area contributed by atoms with Gasteiger partial charge < -0.3 is 10.6 Å². The quantitative estimate of drug-likeness (QED) is 0.426. The summed E-state index contributed by atoms with van der Waals surface area (Å²) in [5, 5.41) is 2.14. The molecule has 2 atom stereocenters. The average Bonchev–Trinajstić information content (AvgIpc) is 2.87. The first-order chi connectivity index (χ1) is 16.7. The molecule has 0 saturated carbocycles. The van der Waals surface area contributed by atoms with Gasteiger partial charge in [0.1, 0.15) is 0 Å². The van der Waals surface area contributed by atoms with E-state index in [0.29, 0.717) is 0 Å². The van der Waals surface area contributed by atoms with E-state index in [1.54, 1.807) is 0 Å². The summed E-state index contributed by atoms with van der Waals surface area (Å²) < 4.78 is 0. The van der Waals surface area contributed by atoms with Crippen LogP contribution in [-0.4, -0.2) is 59.7 Å². The first-order valence-electron chi connectivity index (χ1n) is 12.5. The van der Waals surface area contributed by atoms with E-state index in [1.807, 2.05) is 36.0 Å². The van der Waals surface area contributed by atoms with E-state index < -0.39 is 0 Å². The van der Waals surface area contributed by atoms with E-state index in [4.69, 9.17) is 5.73 Å². The van der Waals surface area contributed by atoms with Crippen LogP contribution in [0.1, 0.15) is 42.1 Å². The predicted octanol–water partition coefficient (Wildman–Crippen LogP) is 5.42. The maximum Gasteiger partial charge on any atom is 0.254 e. The van der Waals surface area contributed by atoms with Gasteiger partial charge in [-0.1, -0.05) is 80.1 Å². The highest BCUT2D eigenvalue weighted by Crippen LogP contribution is 2.24. The number of hydrogen-bond acceptors (Lipinski definition) is 4. The normalized spacial score (nSPS) is 17.7. The molecule has 0 spiro atoms. The van der Waals surface area contributed by atoms with Crippen molar-refractivity contribution in [2.75, 3.05) is 31.9 Å². The van der Waals surface area contributed by atoms with Crippen molar-refractivity contribution in [1.82, 2.24) is 9.80 Å². The number of amides is 1. The molecule has 2 N–H and O–H groups in total. The number of hydrogen-bond donors (Lipinski definition) is 1. The molecule has 5 heteroatoms. The molecule has 4 nitrogen and oxygen atoms in total. The lowest BCUT2D eigenvalue weighted by molar-refractivity contribution is 0.0425. The Hall–Kier alpha value is -2.34. The highest BCUT2D eigenvalue weighted by atomic mass is 32.2. The van der Waals surface area contributed by atoms with Crippen molar-refractivity contribution in [2.45, 2.75) is 44.0 Å². The van der Waals surface area contributed by atoms with Crippen LogP contribution in [0.2, 0.25) is 0 Å². The second-order valence-corrected chi connectivity index (χ2v) is 10.4. The molecule has 34 heavy (non-hydrogen) atoms. The van der Waals surface area contributed by atoms with E-state index in [9.17, 15) is 4.79 Å². The van der Waals surface area contributed by atoms with Gasteiger partial charge in [-0.3, -0.25) is 9.69 Å². The van der Waals surface area contributed by atoms with E-state index >= 15 is 0 Å². The Morgan fingerprint density at radius 2 is 1.79 bits per heavy atom. The van der Waals surface area contributed by atoms with Gasteiger partial charge in [-0.05, 0) is 41.8 Å². The fourth-order valence-electron chi connectivity index (χ4n) is 4.86. The maximum absolute atomic E-state index is 13.8. The number of unbranched alkanes of at least 4 members (excludes halogenated alkanes) is 1. The van der Waals surface area contributed by atoms with E-state index in [-0.39, 0.29) is 18.0 Å². The van der Waals surface area contributed by atoms with Crippen LogP contribution in [0.3, 0.4) is 0 Å². The van der Waals surface area contributed by atoms with Crippen LogP contribution in [0, 0.1) is 0 Å². The zero-order valence-corrected chi connectivity index (χ0v) is 21.1. The molecule has 1 heterocycles. The van der Waals surface area contributed by atoms with E-state index in [2.05, 4.69) is 65.3 Å². The Morgan fingerprint density at radius 1 is 1.03 bits per heavy atom. The van der Waals surface area contributed by atoms with Gasteiger partial charge in [0.15, 0.2) is 0 Å². The second-order valence-electron chi connectivity index (χ2n) is 9.33. The summed E-state index contributed by atoms with van der Waals surface area (Å²) in [5.74, 6) is 2.01. The van der Waals surface area contributed by atoms with Gasteiger partial charge in [-0.15, -0.1) is 0 Å². The number of nitrogens with zero attached hydrogens (tertiary/aromatic N) is 2. The average molecular weight is 476 g/mol. The molecule has 4 rings (SSSR count). The Bertz CT molecular complexity index is 1050. The van der Waals surface area contributed by atoms with Crippen LogP contribution in [0.5, 0.6) is 0 Å². The number of rotatable bonds is 10. The molecule has 1 aliphatic heterocycles. The summed E-state index contributed by atoms with van der Waals surface area (Å²) >= 11 is 1.88. The number of carbonyl (C=O) groups is 1. The topological polar surface area (TPSA) is 49.6 Å². The molecule has 1 amide bonds. The second kappa shape index (κ2) is 12.4. The minimum atomic E-state index is 0.0626. The third-order valence-electron chi connectivity index (χ3n) is 6.69. The number of fused-ring (bicyclic) bond motifs is 1. The smallest absolute Gasteiger partial charge is 0.254 e. The summed E-state index contributed by atoms with van der Waals surface area (Å²) in [4.78, 5) is 18.4. The van der Waals surface area contributed by atoms with Crippen molar-refractivity contribution in [3.05, 3.63) is 83.9 Å². The van der Waals surface area contributed by atoms with Crippen LogP contribution >= 0.6 is 11.8 Å². The zero-order chi connectivity index (χ0) is 23.8. The van der Waals surface area contributed by atoms with Gasteiger partial charge in [-0.2, -0.15) is 11.8 Å². The highest BCUT2D eigenvalue weighted by Gasteiger charge is 2.32. The minimum absolute atomic E-state index is 0.0626. The Balaban J connectivity index is 1.45. The van der Waals surface area contributed by atoms with Crippen molar-refractivity contribution >= 4 is 28.4 Å². The molecular formula is C29H37N3OS. The molecule has 1 fully saturated rings. The van der Waals surface area contributed by atoms with Gasteiger partial charge in [0, 0.05) is 48.8 Å². The van der Waals surface area contributed by atoms with Crippen LogP contribution in [0.4, 0.5) is 0 Å². The largest absolute Gasteiger partial charge is 0.333 e. The molecule has 0 radical (unpaired) electrons. The maximum atomic E-state index is 13.8. The standard InChI is InChI=1S/C29H37N3OS/c1-2-3-16-31-17-18-32(29(33)28-15-9-13-24-12-7-8-14-27(24)28)26(20-31)19-25(30)22-34-21-23-10-5-4-6-11-23/h4-15,25-26H,2-3,16-22,30H2,1H3/t25-,26?/m1/s1. The molecule has 0 aromatic heterocycles.